The minimum atomic E-state index is 0.223. The summed E-state index contributed by atoms with van der Waals surface area (Å²) in [4.78, 5) is 13.4. The molecule has 0 aliphatic carbocycles. The Balaban J connectivity index is 1.35. The predicted octanol–water partition coefficient (Wildman–Crippen LogP) is 3.46. The van der Waals surface area contributed by atoms with Crippen molar-refractivity contribution < 1.29 is 9.53 Å². The van der Waals surface area contributed by atoms with Gasteiger partial charge in [-0.1, -0.05) is 19.1 Å². The van der Waals surface area contributed by atoms with E-state index < -0.39 is 0 Å². The van der Waals surface area contributed by atoms with E-state index in [4.69, 9.17) is 4.74 Å². The van der Waals surface area contributed by atoms with Crippen LogP contribution in [0, 0.1) is 11.8 Å². The van der Waals surface area contributed by atoms with Gasteiger partial charge in [-0.2, -0.15) is 0 Å². The first-order valence-electron chi connectivity index (χ1n) is 9.42. The van der Waals surface area contributed by atoms with Crippen LogP contribution in [0.15, 0.2) is 29.2 Å². The molecule has 0 aromatic heterocycles. The van der Waals surface area contributed by atoms with Crippen LogP contribution in [-0.4, -0.2) is 37.4 Å². The number of methoxy groups -OCH3 is 1. The largest absolute Gasteiger partial charge is 0.496 e. The molecule has 0 radical (unpaired) electrons. The van der Waals surface area contributed by atoms with Gasteiger partial charge in [-0.05, 0) is 49.7 Å². The van der Waals surface area contributed by atoms with Crippen molar-refractivity contribution in [3.05, 3.63) is 24.3 Å². The van der Waals surface area contributed by atoms with Crippen molar-refractivity contribution in [2.24, 2.45) is 11.8 Å². The SMILES string of the molecule is COc1ccccc1SCC(C)CNC(=O)CC1CC2CCC(C1)N2. The molecular formula is C20H30N2O2S. The van der Waals surface area contributed by atoms with Crippen LogP contribution in [0.1, 0.15) is 39.0 Å². The summed E-state index contributed by atoms with van der Waals surface area (Å²) in [6.45, 7) is 2.94. The molecule has 1 amide bonds. The van der Waals surface area contributed by atoms with Crippen molar-refractivity contribution in [2.45, 2.75) is 56.0 Å². The number of rotatable bonds is 8. The zero-order valence-electron chi connectivity index (χ0n) is 15.3. The fourth-order valence-corrected chi connectivity index (χ4v) is 5.04. The summed E-state index contributed by atoms with van der Waals surface area (Å²) in [5.41, 5.74) is 0. The Morgan fingerprint density at radius 2 is 2.04 bits per heavy atom. The first-order chi connectivity index (χ1) is 12.1. The van der Waals surface area contributed by atoms with Crippen LogP contribution in [0.2, 0.25) is 0 Å². The van der Waals surface area contributed by atoms with Gasteiger partial charge in [0.05, 0.1) is 7.11 Å². The standard InChI is InChI=1S/C20H30N2O2S/c1-14(13-25-19-6-4-3-5-18(19)24-2)12-21-20(23)11-15-9-16-7-8-17(10-15)22-16/h3-6,14-17,22H,7-13H2,1-2H3,(H,21,23). The molecule has 138 valence electrons. The van der Waals surface area contributed by atoms with Crippen LogP contribution in [0.25, 0.3) is 0 Å². The molecular weight excluding hydrogens is 332 g/mol. The highest BCUT2D eigenvalue weighted by atomic mass is 32.2. The number of fused-ring (bicyclic) bond motifs is 2. The first-order valence-corrected chi connectivity index (χ1v) is 10.4. The van der Waals surface area contributed by atoms with E-state index >= 15 is 0 Å². The molecule has 2 heterocycles. The molecule has 4 nitrogen and oxygen atoms in total. The van der Waals surface area contributed by atoms with Crippen LogP contribution in [0.5, 0.6) is 5.75 Å². The van der Waals surface area contributed by atoms with Crippen molar-refractivity contribution in [1.29, 1.82) is 0 Å². The molecule has 3 atom stereocenters. The van der Waals surface area contributed by atoms with Crippen molar-refractivity contribution >= 4 is 17.7 Å². The maximum absolute atomic E-state index is 12.3. The van der Waals surface area contributed by atoms with Gasteiger partial charge in [-0.25, -0.2) is 0 Å². The van der Waals surface area contributed by atoms with E-state index in [2.05, 4.69) is 23.6 Å². The lowest BCUT2D eigenvalue weighted by atomic mass is 9.89. The average Bonchev–Trinajstić information content (AvgIpc) is 2.96. The second-order valence-electron chi connectivity index (χ2n) is 7.55. The number of benzene rings is 1. The van der Waals surface area contributed by atoms with E-state index in [9.17, 15) is 4.79 Å². The van der Waals surface area contributed by atoms with Crippen LogP contribution in [0.4, 0.5) is 0 Å². The number of nitrogens with one attached hydrogen (secondary N) is 2. The number of thioether (sulfide) groups is 1. The average molecular weight is 363 g/mol. The minimum Gasteiger partial charge on any atom is -0.496 e. The smallest absolute Gasteiger partial charge is 0.220 e. The molecule has 2 fully saturated rings. The van der Waals surface area contributed by atoms with Gasteiger partial charge in [-0.3, -0.25) is 4.79 Å². The summed E-state index contributed by atoms with van der Waals surface area (Å²) in [5.74, 6) is 3.11. The molecule has 3 unspecified atom stereocenters. The number of ether oxygens (including phenoxy) is 1. The Morgan fingerprint density at radius 3 is 2.76 bits per heavy atom. The molecule has 0 saturated carbocycles. The van der Waals surface area contributed by atoms with E-state index in [-0.39, 0.29) is 5.91 Å². The highest BCUT2D eigenvalue weighted by Gasteiger charge is 2.34. The number of amides is 1. The molecule has 2 saturated heterocycles. The zero-order valence-corrected chi connectivity index (χ0v) is 16.1. The second-order valence-corrected chi connectivity index (χ2v) is 8.61. The van der Waals surface area contributed by atoms with Gasteiger partial charge < -0.3 is 15.4 Å². The monoisotopic (exact) mass is 362 g/mol. The molecule has 1 aromatic rings. The lowest BCUT2D eigenvalue weighted by Gasteiger charge is -2.28. The lowest BCUT2D eigenvalue weighted by molar-refractivity contribution is -0.122. The molecule has 2 aliphatic heterocycles. The molecule has 2 N–H and O–H groups in total. The summed E-state index contributed by atoms with van der Waals surface area (Å²) in [5, 5.41) is 6.78. The van der Waals surface area contributed by atoms with E-state index in [0.29, 0.717) is 30.3 Å². The Bertz CT molecular complexity index is 569. The summed E-state index contributed by atoms with van der Waals surface area (Å²) < 4.78 is 5.39. The van der Waals surface area contributed by atoms with Gasteiger partial charge in [-0.15, -0.1) is 11.8 Å². The fourth-order valence-electron chi connectivity index (χ4n) is 3.99. The minimum absolute atomic E-state index is 0.223. The number of hydrogen-bond acceptors (Lipinski definition) is 4. The summed E-state index contributed by atoms with van der Waals surface area (Å²) in [6, 6.07) is 9.41. The van der Waals surface area contributed by atoms with Crippen molar-refractivity contribution in [1.82, 2.24) is 10.6 Å². The van der Waals surface area contributed by atoms with Gasteiger partial charge in [0.2, 0.25) is 5.91 Å². The summed E-state index contributed by atoms with van der Waals surface area (Å²) in [6.07, 6.45) is 5.62. The molecule has 2 bridgehead atoms. The van der Waals surface area contributed by atoms with E-state index in [0.717, 1.165) is 22.9 Å². The molecule has 0 spiro atoms. The topological polar surface area (TPSA) is 50.4 Å². The highest BCUT2D eigenvalue weighted by Crippen LogP contribution is 2.33. The van der Waals surface area contributed by atoms with Gasteiger partial charge in [0.1, 0.15) is 5.75 Å². The number of hydrogen-bond donors (Lipinski definition) is 2. The molecule has 3 rings (SSSR count). The molecule has 25 heavy (non-hydrogen) atoms. The van der Waals surface area contributed by atoms with E-state index in [1.54, 1.807) is 18.9 Å². The number of para-hydroxylation sites is 1. The third-order valence-electron chi connectivity index (χ3n) is 5.28. The zero-order chi connectivity index (χ0) is 17.6. The highest BCUT2D eigenvalue weighted by molar-refractivity contribution is 7.99. The quantitative estimate of drug-likeness (QED) is 0.696. The lowest BCUT2D eigenvalue weighted by Crippen LogP contribution is -2.40. The second kappa shape index (κ2) is 8.95. The number of carbonyl (C=O) groups is 1. The van der Waals surface area contributed by atoms with Crippen molar-refractivity contribution in [3.8, 4) is 5.75 Å². The maximum atomic E-state index is 12.3. The fraction of sp³-hybridized carbons (Fsp3) is 0.650. The van der Waals surface area contributed by atoms with Crippen LogP contribution >= 0.6 is 11.8 Å². The van der Waals surface area contributed by atoms with Gasteiger partial charge in [0.25, 0.3) is 0 Å². The molecule has 1 aromatic carbocycles. The summed E-state index contributed by atoms with van der Waals surface area (Å²) >= 11 is 1.79. The van der Waals surface area contributed by atoms with Crippen molar-refractivity contribution in [2.75, 3.05) is 19.4 Å². The van der Waals surface area contributed by atoms with E-state index in [1.165, 1.54) is 25.7 Å². The van der Waals surface area contributed by atoms with E-state index in [1.807, 2.05) is 18.2 Å². The normalized spacial score (nSPS) is 26.2. The predicted molar refractivity (Wildman–Crippen MR) is 103 cm³/mol. The Kier molecular flexibility index (Phi) is 6.65. The Morgan fingerprint density at radius 1 is 1.32 bits per heavy atom. The Labute approximate surface area is 155 Å². The Hall–Kier alpha value is -1.20. The van der Waals surface area contributed by atoms with Crippen LogP contribution in [-0.2, 0) is 4.79 Å². The number of carbonyl (C=O) groups excluding carboxylic acids is 1. The van der Waals surface area contributed by atoms with Gasteiger partial charge in [0.15, 0.2) is 0 Å². The third kappa shape index (κ3) is 5.38. The van der Waals surface area contributed by atoms with Gasteiger partial charge >= 0.3 is 0 Å². The van der Waals surface area contributed by atoms with Gasteiger partial charge in [0, 0.05) is 35.7 Å². The maximum Gasteiger partial charge on any atom is 0.220 e. The first kappa shape index (κ1) is 18.6. The summed E-state index contributed by atoms with van der Waals surface area (Å²) in [7, 11) is 1.70. The molecule has 2 aliphatic rings. The van der Waals surface area contributed by atoms with Crippen LogP contribution in [0.3, 0.4) is 0 Å². The molecule has 5 heteroatoms. The van der Waals surface area contributed by atoms with Crippen LogP contribution < -0.4 is 15.4 Å². The number of piperidine rings is 1. The van der Waals surface area contributed by atoms with Crippen molar-refractivity contribution in [3.63, 3.8) is 0 Å². The third-order valence-corrected chi connectivity index (χ3v) is 6.67.